The minimum absolute atomic E-state index is 0.113. The van der Waals surface area contributed by atoms with Crippen LogP contribution in [0.3, 0.4) is 0 Å². The fourth-order valence-corrected chi connectivity index (χ4v) is 3.07. The zero-order chi connectivity index (χ0) is 17.1. The van der Waals surface area contributed by atoms with Gasteiger partial charge in [0.2, 0.25) is 0 Å². The first kappa shape index (κ1) is 16.4. The Hall–Kier alpha value is -2.50. The molecule has 0 radical (unpaired) electrons. The third-order valence-corrected chi connectivity index (χ3v) is 4.61. The maximum atomic E-state index is 12.2. The molecule has 1 fully saturated rings. The molecular formula is C18H22N2O4. The van der Waals surface area contributed by atoms with Crippen molar-refractivity contribution in [2.24, 2.45) is 0 Å². The minimum Gasteiger partial charge on any atom is -0.508 e. The summed E-state index contributed by atoms with van der Waals surface area (Å²) in [5, 5.41) is 13.4. The number of ether oxygens (including phenoxy) is 1. The highest BCUT2D eigenvalue weighted by atomic mass is 16.6. The van der Waals surface area contributed by atoms with Crippen LogP contribution in [0, 0.1) is 6.92 Å². The third-order valence-electron chi connectivity index (χ3n) is 4.61. The average molecular weight is 330 g/mol. The van der Waals surface area contributed by atoms with Crippen LogP contribution in [0.4, 0.5) is 4.79 Å². The Kier molecular flexibility index (Phi) is 4.74. The number of amides is 1. The summed E-state index contributed by atoms with van der Waals surface area (Å²) in [5.74, 6) is 0.741. The van der Waals surface area contributed by atoms with Crippen LogP contribution in [0.2, 0.25) is 0 Å². The fraction of sp³-hybridized carbons (Fsp3) is 0.444. The van der Waals surface area contributed by atoms with Gasteiger partial charge in [0.15, 0.2) is 5.76 Å². The van der Waals surface area contributed by atoms with E-state index in [9.17, 15) is 9.90 Å². The monoisotopic (exact) mass is 330 g/mol. The number of phenols is 1. The predicted octanol–water partition coefficient (Wildman–Crippen LogP) is 3.87. The van der Waals surface area contributed by atoms with Gasteiger partial charge in [0.25, 0.3) is 0 Å². The van der Waals surface area contributed by atoms with Crippen molar-refractivity contribution in [3.05, 3.63) is 35.5 Å². The van der Waals surface area contributed by atoms with E-state index in [0.29, 0.717) is 11.5 Å². The zero-order valence-corrected chi connectivity index (χ0v) is 14.0. The number of aryl methyl sites for hydroxylation is 1. The molecule has 0 atom stereocenters. The summed E-state index contributed by atoms with van der Waals surface area (Å²) >= 11 is 0. The van der Waals surface area contributed by atoms with Crippen molar-refractivity contribution in [1.82, 2.24) is 10.1 Å². The Labute approximate surface area is 141 Å². The molecule has 0 saturated heterocycles. The number of carbonyl (C=O) groups is 1. The summed E-state index contributed by atoms with van der Waals surface area (Å²) in [5.41, 5.74) is 2.21. The van der Waals surface area contributed by atoms with Crippen molar-refractivity contribution in [2.75, 3.05) is 7.05 Å². The molecular weight excluding hydrogens is 308 g/mol. The number of rotatable bonds is 4. The summed E-state index contributed by atoms with van der Waals surface area (Å²) in [6.07, 6.45) is 4.09. The van der Waals surface area contributed by atoms with Gasteiger partial charge in [-0.1, -0.05) is 18.0 Å². The van der Waals surface area contributed by atoms with Gasteiger partial charge in [-0.05, 0) is 44.0 Å². The summed E-state index contributed by atoms with van der Waals surface area (Å²) in [7, 11) is 1.79. The number of benzene rings is 1. The molecule has 0 bridgehead atoms. The molecule has 0 unspecified atom stereocenters. The van der Waals surface area contributed by atoms with Crippen molar-refractivity contribution in [3.63, 3.8) is 0 Å². The number of hydrogen-bond acceptors (Lipinski definition) is 5. The van der Waals surface area contributed by atoms with E-state index < -0.39 is 0 Å². The van der Waals surface area contributed by atoms with Crippen LogP contribution in [0.25, 0.3) is 11.3 Å². The van der Waals surface area contributed by atoms with Gasteiger partial charge in [-0.2, -0.15) is 0 Å². The highest BCUT2D eigenvalue weighted by Crippen LogP contribution is 2.29. The molecule has 1 aromatic heterocycles. The Balaban J connectivity index is 1.70. The number of aromatic nitrogens is 1. The first-order valence-corrected chi connectivity index (χ1v) is 8.20. The number of carbonyl (C=O) groups excluding carboxylic acids is 1. The van der Waals surface area contributed by atoms with Crippen LogP contribution in [0.1, 0.15) is 36.9 Å². The highest BCUT2D eigenvalue weighted by molar-refractivity contribution is 5.68. The van der Waals surface area contributed by atoms with E-state index in [0.717, 1.165) is 36.8 Å². The molecule has 3 rings (SSSR count). The van der Waals surface area contributed by atoms with Crippen LogP contribution in [0.15, 0.2) is 28.8 Å². The second-order valence-corrected chi connectivity index (χ2v) is 6.23. The lowest BCUT2D eigenvalue weighted by Crippen LogP contribution is -2.35. The molecule has 0 aliphatic heterocycles. The van der Waals surface area contributed by atoms with Crippen molar-refractivity contribution >= 4 is 6.09 Å². The van der Waals surface area contributed by atoms with Crippen molar-refractivity contribution in [3.8, 4) is 17.1 Å². The summed E-state index contributed by atoms with van der Waals surface area (Å²) < 4.78 is 10.8. The van der Waals surface area contributed by atoms with Crippen molar-refractivity contribution < 1.29 is 19.2 Å². The van der Waals surface area contributed by atoms with Gasteiger partial charge in [0, 0.05) is 18.7 Å². The van der Waals surface area contributed by atoms with Gasteiger partial charge < -0.3 is 19.3 Å². The lowest BCUT2D eigenvalue weighted by molar-refractivity contribution is 0.0917. The topological polar surface area (TPSA) is 75.8 Å². The number of hydrogen-bond donors (Lipinski definition) is 1. The van der Waals surface area contributed by atoms with Crippen LogP contribution >= 0.6 is 0 Å². The Morgan fingerprint density at radius 3 is 2.67 bits per heavy atom. The average Bonchev–Trinajstić information content (AvgIpc) is 3.23. The lowest BCUT2D eigenvalue weighted by Gasteiger charge is -2.23. The predicted molar refractivity (Wildman–Crippen MR) is 88.5 cm³/mol. The molecule has 1 aromatic carbocycles. The van der Waals surface area contributed by atoms with Crippen LogP contribution in [-0.2, 0) is 11.3 Å². The standard InChI is InChI=1S/C18H22N2O4/c1-12-16(11-23-18(22)20(2)14-5-3-4-6-14)17(24-19-12)13-7-9-15(21)10-8-13/h7-10,14,21H,3-6,11H2,1-2H3. The van der Waals surface area contributed by atoms with Gasteiger partial charge in [-0.15, -0.1) is 0 Å². The number of phenolic OH excluding ortho intramolecular Hbond substituents is 1. The highest BCUT2D eigenvalue weighted by Gasteiger charge is 2.25. The molecule has 1 heterocycles. The first-order chi connectivity index (χ1) is 11.6. The molecule has 6 heteroatoms. The van der Waals surface area contributed by atoms with E-state index in [4.69, 9.17) is 9.26 Å². The van der Waals surface area contributed by atoms with Gasteiger partial charge in [0.1, 0.15) is 12.4 Å². The largest absolute Gasteiger partial charge is 0.508 e. The van der Waals surface area contributed by atoms with E-state index >= 15 is 0 Å². The Morgan fingerprint density at radius 1 is 1.33 bits per heavy atom. The van der Waals surface area contributed by atoms with E-state index in [1.54, 1.807) is 36.2 Å². The van der Waals surface area contributed by atoms with E-state index in [1.807, 2.05) is 6.92 Å². The molecule has 24 heavy (non-hydrogen) atoms. The first-order valence-electron chi connectivity index (χ1n) is 8.20. The van der Waals surface area contributed by atoms with E-state index in [2.05, 4.69) is 5.16 Å². The molecule has 1 saturated carbocycles. The minimum atomic E-state index is -0.320. The number of nitrogens with zero attached hydrogens (tertiary/aromatic N) is 2. The van der Waals surface area contributed by atoms with Gasteiger partial charge in [-0.25, -0.2) is 4.79 Å². The van der Waals surface area contributed by atoms with Gasteiger partial charge >= 0.3 is 6.09 Å². The maximum absolute atomic E-state index is 12.2. The fourth-order valence-electron chi connectivity index (χ4n) is 3.07. The molecule has 128 valence electrons. The SMILES string of the molecule is Cc1noc(-c2ccc(O)cc2)c1COC(=O)N(C)C1CCCC1. The Morgan fingerprint density at radius 2 is 2.00 bits per heavy atom. The summed E-state index contributed by atoms with van der Waals surface area (Å²) in [4.78, 5) is 13.9. The smallest absolute Gasteiger partial charge is 0.410 e. The third kappa shape index (κ3) is 3.37. The molecule has 1 N–H and O–H groups in total. The van der Waals surface area contributed by atoms with E-state index in [1.165, 1.54) is 0 Å². The quantitative estimate of drug-likeness (QED) is 0.921. The normalized spacial score (nSPS) is 14.8. The van der Waals surface area contributed by atoms with Crippen LogP contribution < -0.4 is 0 Å². The Bertz CT molecular complexity index is 702. The second kappa shape index (κ2) is 6.95. The van der Waals surface area contributed by atoms with Gasteiger partial charge in [0.05, 0.1) is 11.3 Å². The molecule has 6 nitrogen and oxygen atoms in total. The van der Waals surface area contributed by atoms with Crippen molar-refractivity contribution in [2.45, 2.75) is 45.3 Å². The molecule has 1 aliphatic rings. The maximum Gasteiger partial charge on any atom is 0.410 e. The van der Waals surface area contributed by atoms with Crippen LogP contribution in [0.5, 0.6) is 5.75 Å². The van der Waals surface area contributed by atoms with Crippen LogP contribution in [-0.4, -0.2) is 34.3 Å². The van der Waals surface area contributed by atoms with Gasteiger partial charge in [-0.3, -0.25) is 0 Å². The van der Waals surface area contributed by atoms with E-state index in [-0.39, 0.29) is 24.5 Å². The summed E-state index contributed by atoms with van der Waals surface area (Å²) in [6, 6.07) is 6.92. The lowest BCUT2D eigenvalue weighted by atomic mass is 10.1. The zero-order valence-electron chi connectivity index (χ0n) is 14.0. The summed E-state index contributed by atoms with van der Waals surface area (Å²) in [6.45, 7) is 1.93. The molecule has 1 amide bonds. The molecule has 1 aliphatic carbocycles. The number of aromatic hydroxyl groups is 1. The second-order valence-electron chi connectivity index (χ2n) is 6.23. The molecule has 0 spiro atoms. The van der Waals surface area contributed by atoms with Crippen molar-refractivity contribution in [1.29, 1.82) is 0 Å². The molecule has 2 aromatic rings.